The summed E-state index contributed by atoms with van der Waals surface area (Å²) in [5.74, 6) is 0. The predicted octanol–water partition coefficient (Wildman–Crippen LogP) is 4.85. The zero-order valence-corrected chi connectivity index (χ0v) is 23.4. The lowest BCUT2D eigenvalue weighted by molar-refractivity contribution is 0.111. The summed E-state index contributed by atoms with van der Waals surface area (Å²) in [5.41, 5.74) is 1.26. The summed E-state index contributed by atoms with van der Waals surface area (Å²) in [4.78, 5) is 9.80. The van der Waals surface area contributed by atoms with Crippen LogP contribution in [0.3, 0.4) is 0 Å². The van der Waals surface area contributed by atoms with Gasteiger partial charge in [-0.2, -0.15) is 10.2 Å². The molecule has 0 bridgehead atoms. The molecule has 2 rings (SSSR count). The van der Waals surface area contributed by atoms with Gasteiger partial charge in [-0.05, 0) is 38.1 Å². The fourth-order valence-electron chi connectivity index (χ4n) is 1.75. The van der Waals surface area contributed by atoms with E-state index < -0.39 is 16.1 Å². The van der Waals surface area contributed by atoms with E-state index in [1.165, 1.54) is 18.3 Å². The number of H-pyrrole nitrogens is 2. The van der Waals surface area contributed by atoms with E-state index in [4.69, 9.17) is 14.6 Å². The molecule has 3 N–H and O–H groups in total. The van der Waals surface area contributed by atoms with E-state index in [2.05, 4.69) is 59.7 Å². The minimum atomic E-state index is -0.819. The molecule has 0 atom stereocenters. The third kappa shape index (κ3) is 26.4. The van der Waals surface area contributed by atoms with Crippen molar-refractivity contribution in [2.45, 2.75) is 71.8 Å². The SMILES string of the molecule is CCOCC[Si](C)(C)C.CCOCC[Si](C)(C)C.O=Cc1ccn[nH]1.OCc1ccn[nH]1. The summed E-state index contributed by atoms with van der Waals surface area (Å²) in [6, 6.07) is 5.91. The smallest absolute Gasteiger partial charge is 0.167 e. The summed E-state index contributed by atoms with van der Waals surface area (Å²) in [7, 11) is -1.64. The van der Waals surface area contributed by atoms with E-state index in [9.17, 15) is 4.79 Å². The summed E-state index contributed by atoms with van der Waals surface area (Å²) < 4.78 is 10.5. The van der Waals surface area contributed by atoms with Gasteiger partial charge in [-0.3, -0.25) is 15.0 Å². The van der Waals surface area contributed by atoms with Crippen LogP contribution in [-0.4, -0.2) is 74.4 Å². The number of ether oxygens (including phenoxy) is 2. The quantitative estimate of drug-likeness (QED) is 0.251. The van der Waals surface area contributed by atoms with Gasteiger partial charge in [-0.1, -0.05) is 39.3 Å². The van der Waals surface area contributed by atoms with Gasteiger partial charge in [0, 0.05) is 55.0 Å². The van der Waals surface area contributed by atoms with Gasteiger partial charge in [0.1, 0.15) is 0 Å². The monoisotopic (exact) mass is 486 g/mol. The second-order valence-corrected chi connectivity index (χ2v) is 20.6. The van der Waals surface area contributed by atoms with Crippen molar-refractivity contribution in [1.82, 2.24) is 20.4 Å². The second kappa shape index (κ2) is 20.0. The molecule has 0 fully saturated rings. The van der Waals surface area contributed by atoms with Crippen LogP contribution in [0.15, 0.2) is 24.5 Å². The van der Waals surface area contributed by atoms with Gasteiger partial charge in [0.15, 0.2) is 6.29 Å². The Morgan fingerprint density at radius 2 is 1.34 bits per heavy atom. The van der Waals surface area contributed by atoms with Crippen LogP contribution in [0.25, 0.3) is 0 Å². The van der Waals surface area contributed by atoms with Gasteiger partial charge < -0.3 is 14.6 Å². The molecule has 0 saturated carbocycles. The third-order valence-electron chi connectivity index (χ3n) is 3.78. The van der Waals surface area contributed by atoms with Crippen molar-refractivity contribution < 1.29 is 19.4 Å². The number of carbonyl (C=O) groups is 1. The van der Waals surface area contributed by atoms with E-state index in [-0.39, 0.29) is 6.61 Å². The maximum atomic E-state index is 9.80. The van der Waals surface area contributed by atoms with E-state index >= 15 is 0 Å². The Kier molecular flexibility index (Phi) is 20.4. The van der Waals surface area contributed by atoms with Gasteiger partial charge in [-0.25, -0.2) is 0 Å². The number of nitrogens with zero attached hydrogens (tertiary/aromatic N) is 2. The molecule has 10 heteroatoms. The molecule has 2 aromatic heterocycles. The van der Waals surface area contributed by atoms with E-state index in [1.54, 1.807) is 18.3 Å². The van der Waals surface area contributed by atoms with Crippen LogP contribution in [-0.2, 0) is 16.1 Å². The Morgan fingerprint density at radius 1 is 0.875 bits per heavy atom. The lowest BCUT2D eigenvalue weighted by atomic mass is 10.5. The molecule has 0 aliphatic rings. The number of aromatic nitrogens is 4. The van der Waals surface area contributed by atoms with Gasteiger partial charge in [0.05, 0.1) is 18.0 Å². The average Bonchev–Trinajstić information content (AvgIpc) is 3.42. The molecule has 0 aliphatic carbocycles. The molecule has 0 spiro atoms. The van der Waals surface area contributed by atoms with Gasteiger partial charge >= 0.3 is 0 Å². The summed E-state index contributed by atoms with van der Waals surface area (Å²) in [6.45, 7) is 22.0. The van der Waals surface area contributed by atoms with Crippen molar-refractivity contribution in [3.8, 4) is 0 Å². The molecule has 2 aromatic rings. The summed E-state index contributed by atoms with van der Waals surface area (Å²) in [6.07, 6.45) is 3.85. The fourth-order valence-corrected chi connectivity index (χ4v) is 3.26. The highest BCUT2D eigenvalue weighted by atomic mass is 28.3. The molecule has 0 aliphatic heterocycles. The lowest BCUT2D eigenvalue weighted by Crippen LogP contribution is -2.21. The Balaban J connectivity index is 0. The normalized spacial score (nSPS) is 10.7. The van der Waals surface area contributed by atoms with Crippen molar-refractivity contribution in [2.75, 3.05) is 26.4 Å². The lowest BCUT2D eigenvalue weighted by Gasteiger charge is -2.14. The maximum Gasteiger partial charge on any atom is 0.167 e. The van der Waals surface area contributed by atoms with E-state index in [1.807, 2.05) is 13.8 Å². The number of aliphatic hydroxyl groups excluding tert-OH is 1. The molecule has 0 radical (unpaired) electrons. The van der Waals surface area contributed by atoms with Crippen LogP contribution in [0.4, 0.5) is 0 Å². The molecular formula is C22H46N4O4Si2. The Hall–Kier alpha value is -1.60. The van der Waals surface area contributed by atoms with Crippen LogP contribution >= 0.6 is 0 Å². The number of nitrogens with one attached hydrogen (secondary N) is 2. The molecule has 0 unspecified atom stereocenters. The number of rotatable bonds is 10. The fraction of sp³-hybridized carbons (Fsp3) is 0.682. The molecule has 0 amide bonds. The molecule has 186 valence electrons. The zero-order valence-electron chi connectivity index (χ0n) is 21.4. The third-order valence-corrected chi connectivity index (χ3v) is 7.19. The Labute approximate surface area is 196 Å². The summed E-state index contributed by atoms with van der Waals surface area (Å²) >= 11 is 0. The largest absolute Gasteiger partial charge is 0.390 e. The molecule has 32 heavy (non-hydrogen) atoms. The first-order valence-corrected chi connectivity index (χ1v) is 18.6. The molecule has 0 saturated heterocycles. The van der Waals surface area contributed by atoms with E-state index in [0.29, 0.717) is 12.0 Å². The number of aldehydes is 1. The highest BCUT2D eigenvalue weighted by molar-refractivity contribution is 6.76. The zero-order chi connectivity index (χ0) is 24.9. The van der Waals surface area contributed by atoms with E-state index in [0.717, 1.165) is 32.1 Å². The Bertz CT molecular complexity index is 605. The van der Waals surface area contributed by atoms with Crippen LogP contribution < -0.4 is 0 Å². The van der Waals surface area contributed by atoms with Crippen molar-refractivity contribution in [3.05, 3.63) is 35.9 Å². The minimum Gasteiger partial charge on any atom is -0.390 e. The van der Waals surface area contributed by atoms with Crippen molar-refractivity contribution in [3.63, 3.8) is 0 Å². The topological polar surface area (TPSA) is 113 Å². The predicted molar refractivity (Wildman–Crippen MR) is 138 cm³/mol. The molecule has 0 aromatic carbocycles. The molecule has 2 heterocycles. The summed E-state index contributed by atoms with van der Waals surface area (Å²) in [5, 5.41) is 20.6. The number of carbonyl (C=O) groups excluding carboxylic acids is 1. The molecule has 8 nitrogen and oxygen atoms in total. The first kappa shape index (κ1) is 32.6. The first-order chi connectivity index (χ1) is 15.0. The molecular weight excluding hydrogens is 440 g/mol. The highest BCUT2D eigenvalue weighted by Crippen LogP contribution is 2.07. The number of aromatic amines is 2. The number of aliphatic hydroxyl groups is 1. The van der Waals surface area contributed by atoms with Crippen LogP contribution in [0.2, 0.25) is 51.4 Å². The second-order valence-electron chi connectivity index (χ2n) is 9.38. The van der Waals surface area contributed by atoms with Crippen molar-refractivity contribution >= 4 is 22.4 Å². The standard InChI is InChI=1S/2C7H18OSi.C4H6N2O.C4H4N2O/c2*1-5-8-6-7-9(2,3)4;2*7-3-4-1-2-5-6-4/h2*5-7H2,1-4H3;1-2,7H,3H2,(H,5,6);1-3H,(H,5,6). The van der Waals surface area contributed by atoms with Gasteiger partial charge in [0.25, 0.3) is 0 Å². The van der Waals surface area contributed by atoms with Crippen molar-refractivity contribution in [2.24, 2.45) is 0 Å². The number of hydrogen-bond donors (Lipinski definition) is 3. The number of hydrogen-bond acceptors (Lipinski definition) is 6. The average molecular weight is 487 g/mol. The minimum absolute atomic E-state index is 0.0417. The van der Waals surface area contributed by atoms with Crippen LogP contribution in [0.5, 0.6) is 0 Å². The van der Waals surface area contributed by atoms with Crippen LogP contribution in [0, 0.1) is 0 Å². The first-order valence-electron chi connectivity index (χ1n) is 11.2. The highest BCUT2D eigenvalue weighted by Gasteiger charge is 2.11. The van der Waals surface area contributed by atoms with Crippen molar-refractivity contribution in [1.29, 1.82) is 0 Å². The van der Waals surface area contributed by atoms with Gasteiger partial charge in [-0.15, -0.1) is 0 Å². The Morgan fingerprint density at radius 3 is 1.56 bits per heavy atom. The van der Waals surface area contributed by atoms with Crippen LogP contribution in [0.1, 0.15) is 30.0 Å². The maximum absolute atomic E-state index is 9.80. The van der Waals surface area contributed by atoms with Gasteiger partial charge in [0.2, 0.25) is 0 Å².